The molecule has 1 saturated heterocycles. The molecule has 0 aromatic carbocycles. The van der Waals surface area contributed by atoms with Crippen LogP contribution < -0.4 is 5.32 Å². The number of sulfonamides is 1. The highest BCUT2D eigenvalue weighted by molar-refractivity contribution is 8.01. The highest BCUT2D eigenvalue weighted by Crippen LogP contribution is 2.31. The van der Waals surface area contributed by atoms with E-state index in [0.717, 1.165) is 26.9 Å². The number of hydrogen-bond donors (Lipinski definition) is 1. The largest absolute Gasteiger partial charge is 0.349 e. The molecule has 3 aromatic heterocycles. The number of nitrogens with zero attached hydrogens (tertiary/aromatic N) is 2. The minimum Gasteiger partial charge on any atom is -0.349 e. The van der Waals surface area contributed by atoms with Crippen LogP contribution in [0.1, 0.15) is 5.69 Å². The van der Waals surface area contributed by atoms with Gasteiger partial charge in [-0.2, -0.15) is 4.31 Å². The summed E-state index contributed by atoms with van der Waals surface area (Å²) < 4.78 is 27.1. The molecule has 4 heterocycles. The molecule has 1 N–H and O–H groups in total. The molecule has 142 valence electrons. The third-order valence-electron chi connectivity index (χ3n) is 3.93. The van der Waals surface area contributed by atoms with Gasteiger partial charge in [0.1, 0.15) is 15.3 Å². The first-order valence-corrected chi connectivity index (χ1v) is 13.2. The summed E-state index contributed by atoms with van der Waals surface area (Å²) in [6, 6.07) is 6.55. The van der Waals surface area contributed by atoms with Crippen LogP contribution in [0, 0.1) is 0 Å². The Kier molecular flexibility index (Phi) is 5.67. The first kappa shape index (κ1) is 19.1. The van der Waals surface area contributed by atoms with E-state index in [2.05, 4.69) is 10.3 Å². The Morgan fingerprint density at radius 1 is 1.22 bits per heavy atom. The maximum atomic E-state index is 12.8. The van der Waals surface area contributed by atoms with E-state index in [9.17, 15) is 13.2 Å². The third-order valence-corrected chi connectivity index (χ3v) is 10.3. The monoisotopic (exact) mass is 457 g/mol. The Balaban J connectivity index is 1.42. The van der Waals surface area contributed by atoms with E-state index in [1.54, 1.807) is 28.8 Å². The van der Waals surface area contributed by atoms with E-state index in [-0.39, 0.29) is 22.5 Å². The molecule has 0 bridgehead atoms. The zero-order chi connectivity index (χ0) is 18.9. The second-order valence-corrected chi connectivity index (χ2v) is 11.5. The van der Waals surface area contributed by atoms with Gasteiger partial charge in [0.15, 0.2) is 0 Å². The summed E-state index contributed by atoms with van der Waals surface area (Å²) >= 11 is 5.76. The molecule has 1 aliphatic rings. The normalized spacial score (nSPS) is 18.0. The highest BCUT2D eigenvalue weighted by Gasteiger charge is 2.40. The number of amides is 1. The highest BCUT2D eigenvalue weighted by atomic mass is 32.2. The van der Waals surface area contributed by atoms with Gasteiger partial charge < -0.3 is 5.32 Å². The van der Waals surface area contributed by atoms with Crippen molar-refractivity contribution >= 4 is 61.7 Å². The molecular formula is C16H15N3O3S5. The lowest BCUT2D eigenvalue weighted by molar-refractivity contribution is -0.124. The lowest BCUT2D eigenvalue weighted by Gasteiger charge is -2.21. The molecule has 0 spiro atoms. The van der Waals surface area contributed by atoms with Crippen molar-refractivity contribution in [2.24, 2.45) is 0 Å². The summed E-state index contributed by atoms with van der Waals surface area (Å²) in [5.41, 5.74) is 0.773. The van der Waals surface area contributed by atoms with Gasteiger partial charge >= 0.3 is 0 Å². The molecule has 1 amide bonds. The van der Waals surface area contributed by atoms with Crippen LogP contribution in [0.3, 0.4) is 0 Å². The number of carbonyl (C=O) groups is 1. The molecule has 1 atom stereocenters. The van der Waals surface area contributed by atoms with Gasteiger partial charge in [0.05, 0.1) is 23.0 Å². The molecule has 1 unspecified atom stereocenters. The summed E-state index contributed by atoms with van der Waals surface area (Å²) in [4.78, 5) is 18.3. The third kappa shape index (κ3) is 3.98. The second kappa shape index (κ2) is 8.02. The molecular weight excluding hydrogens is 443 g/mol. The molecule has 6 nitrogen and oxygen atoms in total. The van der Waals surface area contributed by atoms with E-state index in [1.807, 2.05) is 22.9 Å². The van der Waals surface area contributed by atoms with E-state index in [0.29, 0.717) is 5.75 Å². The Morgan fingerprint density at radius 2 is 2.04 bits per heavy atom. The van der Waals surface area contributed by atoms with Gasteiger partial charge in [-0.05, 0) is 22.9 Å². The zero-order valence-corrected chi connectivity index (χ0v) is 18.0. The van der Waals surface area contributed by atoms with Gasteiger partial charge in [-0.3, -0.25) is 4.79 Å². The summed E-state index contributed by atoms with van der Waals surface area (Å²) in [6.07, 6.45) is 0. The number of aromatic nitrogens is 1. The fraction of sp³-hybridized carbons (Fsp3) is 0.250. The van der Waals surface area contributed by atoms with Crippen LogP contribution in [0.15, 0.2) is 44.6 Å². The first-order chi connectivity index (χ1) is 13.1. The van der Waals surface area contributed by atoms with Crippen molar-refractivity contribution in [3.8, 4) is 9.88 Å². The molecule has 4 rings (SSSR count). The van der Waals surface area contributed by atoms with Crippen LogP contribution in [-0.2, 0) is 21.4 Å². The molecule has 0 aliphatic carbocycles. The van der Waals surface area contributed by atoms with Crippen LogP contribution >= 0.6 is 45.8 Å². The van der Waals surface area contributed by atoms with Crippen molar-refractivity contribution in [1.82, 2.24) is 14.6 Å². The van der Waals surface area contributed by atoms with Gasteiger partial charge in [0, 0.05) is 11.1 Å². The SMILES string of the molecule is O=C(NCc1csc(-c2cccs2)n1)C1CSCN1S(=O)(=O)c1cccs1. The summed E-state index contributed by atoms with van der Waals surface area (Å²) in [5.74, 6) is 0.455. The van der Waals surface area contributed by atoms with Crippen LogP contribution in [0.5, 0.6) is 0 Å². The fourth-order valence-corrected chi connectivity index (χ4v) is 8.50. The minimum absolute atomic E-state index is 0.267. The fourth-order valence-electron chi connectivity index (χ4n) is 2.59. The first-order valence-electron chi connectivity index (χ1n) is 7.95. The van der Waals surface area contributed by atoms with E-state index in [1.165, 1.54) is 27.4 Å². The van der Waals surface area contributed by atoms with Gasteiger partial charge in [-0.15, -0.1) is 45.8 Å². The quantitative estimate of drug-likeness (QED) is 0.614. The van der Waals surface area contributed by atoms with Gasteiger partial charge in [-0.1, -0.05) is 12.1 Å². The Labute approximate surface area is 173 Å². The number of thiazole rings is 1. The van der Waals surface area contributed by atoms with Gasteiger partial charge in [-0.25, -0.2) is 13.4 Å². The standard InChI is InChI=1S/C16H15N3O3S5/c20-15(17-7-11-8-26-16(18-11)13-3-1-5-24-13)12-9-23-10-19(12)27(21,22)14-4-2-6-25-14/h1-6,8,12H,7,9-10H2,(H,17,20). The van der Waals surface area contributed by atoms with Crippen LogP contribution in [0.4, 0.5) is 0 Å². The number of hydrogen-bond acceptors (Lipinski definition) is 8. The topological polar surface area (TPSA) is 79.4 Å². The molecule has 0 radical (unpaired) electrons. The lowest BCUT2D eigenvalue weighted by Crippen LogP contribution is -2.46. The molecule has 1 fully saturated rings. The second-order valence-electron chi connectivity index (χ2n) is 5.68. The smallest absolute Gasteiger partial charge is 0.254 e. The summed E-state index contributed by atoms with van der Waals surface area (Å²) in [7, 11) is -3.64. The van der Waals surface area contributed by atoms with Crippen molar-refractivity contribution in [3.05, 3.63) is 46.1 Å². The summed E-state index contributed by atoms with van der Waals surface area (Å²) in [5, 5.41) is 9.40. The molecule has 27 heavy (non-hydrogen) atoms. The average molecular weight is 458 g/mol. The van der Waals surface area contributed by atoms with Crippen molar-refractivity contribution < 1.29 is 13.2 Å². The average Bonchev–Trinajstić information content (AvgIpc) is 3.46. The number of rotatable bonds is 6. The van der Waals surface area contributed by atoms with Crippen LogP contribution in [0.2, 0.25) is 0 Å². The minimum atomic E-state index is -3.64. The van der Waals surface area contributed by atoms with Gasteiger partial charge in [0.25, 0.3) is 10.0 Å². The zero-order valence-electron chi connectivity index (χ0n) is 13.9. The van der Waals surface area contributed by atoms with Crippen molar-refractivity contribution in [2.45, 2.75) is 16.8 Å². The van der Waals surface area contributed by atoms with Gasteiger partial charge in [0.2, 0.25) is 5.91 Å². The molecule has 1 aliphatic heterocycles. The Bertz CT molecular complexity index is 1010. The number of thioether (sulfide) groups is 1. The van der Waals surface area contributed by atoms with E-state index in [4.69, 9.17) is 0 Å². The van der Waals surface area contributed by atoms with E-state index < -0.39 is 16.1 Å². The number of carbonyl (C=O) groups excluding carboxylic acids is 1. The number of thiophene rings is 2. The van der Waals surface area contributed by atoms with E-state index >= 15 is 0 Å². The lowest BCUT2D eigenvalue weighted by atomic mass is 10.3. The van der Waals surface area contributed by atoms with Crippen molar-refractivity contribution in [1.29, 1.82) is 0 Å². The molecule has 0 saturated carbocycles. The van der Waals surface area contributed by atoms with Crippen molar-refractivity contribution in [2.75, 3.05) is 11.6 Å². The van der Waals surface area contributed by atoms with Crippen LogP contribution in [-0.4, -0.2) is 41.3 Å². The van der Waals surface area contributed by atoms with Crippen LogP contribution in [0.25, 0.3) is 9.88 Å². The predicted molar refractivity (Wildman–Crippen MR) is 112 cm³/mol. The maximum absolute atomic E-state index is 12.8. The molecule has 11 heteroatoms. The Hall–Kier alpha value is -1.24. The van der Waals surface area contributed by atoms with Crippen molar-refractivity contribution in [3.63, 3.8) is 0 Å². The maximum Gasteiger partial charge on any atom is 0.254 e. The summed E-state index contributed by atoms with van der Waals surface area (Å²) in [6.45, 7) is 0.286. The number of nitrogens with one attached hydrogen (secondary N) is 1. The Morgan fingerprint density at radius 3 is 2.78 bits per heavy atom. The molecule has 3 aromatic rings. The predicted octanol–water partition coefficient (Wildman–Crippen LogP) is 3.31.